The molecule has 2 N–H and O–H groups in total. The van der Waals surface area contributed by atoms with Gasteiger partial charge in [0.15, 0.2) is 0 Å². The zero-order chi connectivity index (χ0) is 22.8. The van der Waals surface area contributed by atoms with Gasteiger partial charge in [0.2, 0.25) is 0 Å². The third-order valence-electron chi connectivity index (χ3n) is 6.24. The van der Waals surface area contributed by atoms with Crippen LogP contribution in [-0.2, 0) is 6.54 Å². The number of H-pyrrole nitrogens is 1. The van der Waals surface area contributed by atoms with Crippen LogP contribution in [0.2, 0.25) is 0 Å². The molecule has 9 nitrogen and oxygen atoms in total. The van der Waals surface area contributed by atoms with E-state index in [4.69, 9.17) is 0 Å². The van der Waals surface area contributed by atoms with Crippen molar-refractivity contribution < 1.29 is 4.79 Å². The van der Waals surface area contributed by atoms with Crippen molar-refractivity contribution in [3.05, 3.63) is 68.6 Å². The van der Waals surface area contributed by atoms with Gasteiger partial charge in [-0.25, -0.2) is 9.78 Å². The molecule has 32 heavy (non-hydrogen) atoms. The predicted octanol–water partition coefficient (Wildman–Crippen LogP) is 1.35. The van der Waals surface area contributed by atoms with Crippen LogP contribution in [0.1, 0.15) is 35.9 Å². The third-order valence-corrected chi connectivity index (χ3v) is 6.24. The van der Waals surface area contributed by atoms with E-state index < -0.39 is 0 Å². The van der Waals surface area contributed by atoms with Crippen molar-refractivity contribution in [2.24, 2.45) is 0 Å². The molecule has 1 amide bonds. The summed E-state index contributed by atoms with van der Waals surface area (Å²) in [4.78, 5) is 48.1. The van der Waals surface area contributed by atoms with Gasteiger partial charge >= 0.3 is 5.69 Å². The van der Waals surface area contributed by atoms with E-state index in [1.807, 2.05) is 24.3 Å². The molecule has 9 heteroatoms. The molecule has 0 spiro atoms. The minimum Gasteiger partial charge on any atom is -0.368 e. The predicted molar refractivity (Wildman–Crippen MR) is 124 cm³/mol. The second-order valence-corrected chi connectivity index (χ2v) is 7.96. The monoisotopic (exact) mass is 436 g/mol. The number of nitrogens with one attached hydrogen (secondary N) is 2. The minimum absolute atomic E-state index is 0.146. The number of aromatic nitrogens is 3. The number of hydrogen-bond acceptors (Lipinski definition) is 6. The number of rotatable bonds is 5. The summed E-state index contributed by atoms with van der Waals surface area (Å²) in [5, 5.41) is 3.10. The molecule has 1 fully saturated rings. The number of benzene rings is 1. The molecule has 1 aliphatic rings. The highest BCUT2D eigenvalue weighted by molar-refractivity contribution is 5.92. The molecule has 1 aromatic carbocycles. The van der Waals surface area contributed by atoms with Crippen LogP contribution in [0.5, 0.6) is 0 Å². The molecule has 1 aliphatic heterocycles. The third kappa shape index (κ3) is 4.03. The lowest BCUT2D eigenvalue weighted by Gasteiger charge is -2.39. The van der Waals surface area contributed by atoms with E-state index in [-0.39, 0.29) is 23.2 Å². The summed E-state index contributed by atoms with van der Waals surface area (Å²) in [6.07, 6.45) is 1.74. The summed E-state index contributed by atoms with van der Waals surface area (Å²) in [5.41, 5.74) is 2.42. The number of carbonyl (C=O) groups is 1. The number of amides is 1. The first-order chi connectivity index (χ1) is 15.4. The van der Waals surface area contributed by atoms with Gasteiger partial charge in [0.25, 0.3) is 11.5 Å². The van der Waals surface area contributed by atoms with E-state index in [1.165, 1.54) is 4.57 Å². The van der Waals surface area contributed by atoms with E-state index in [0.29, 0.717) is 23.1 Å². The molecule has 4 rings (SSSR count). The van der Waals surface area contributed by atoms with Crippen LogP contribution < -0.4 is 21.5 Å². The summed E-state index contributed by atoms with van der Waals surface area (Å²) in [7, 11) is 1.59. The van der Waals surface area contributed by atoms with Crippen molar-refractivity contribution in [1.29, 1.82) is 0 Å². The second kappa shape index (κ2) is 8.96. The summed E-state index contributed by atoms with van der Waals surface area (Å²) in [5.74, 6) is -0.194. The lowest BCUT2D eigenvalue weighted by Crippen LogP contribution is -2.47. The highest BCUT2D eigenvalue weighted by atomic mass is 16.2. The number of carbonyl (C=O) groups excluding carboxylic acids is 1. The van der Waals surface area contributed by atoms with E-state index in [9.17, 15) is 14.4 Å². The Balaban J connectivity index is 1.47. The van der Waals surface area contributed by atoms with E-state index in [1.54, 1.807) is 26.2 Å². The van der Waals surface area contributed by atoms with Crippen LogP contribution in [0.15, 0.2) is 46.1 Å². The van der Waals surface area contributed by atoms with Gasteiger partial charge < -0.3 is 15.2 Å². The Bertz CT molecular complexity index is 1240. The largest absolute Gasteiger partial charge is 0.368 e. The van der Waals surface area contributed by atoms with Gasteiger partial charge in [0.05, 0.1) is 22.8 Å². The molecule has 3 aromatic rings. The molecule has 2 aromatic heterocycles. The Labute approximate surface area is 185 Å². The molecular weight excluding hydrogens is 408 g/mol. The molecule has 1 saturated heterocycles. The number of aromatic amines is 1. The number of anilines is 1. The Morgan fingerprint density at radius 3 is 2.53 bits per heavy atom. The fraction of sp³-hybridized carbons (Fsp3) is 0.391. The van der Waals surface area contributed by atoms with Gasteiger partial charge in [-0.15, -0.1) is 0 Å². The maximum Gasteiger partial charge on any atom is 0.328 e. The fourth-order valence-corrected chi connectivity index (χ4v) is 4.23. The number of nitrogens with zero attached hydrogens (tertiary/aromatic N) is 4. The molecule has 1 unspecified atom stereocenters. The van der Waals surface area contributed by atoms with Gasteiger partial charge in [-0.1, -0.05) is 6.07 Å². The summed E-state index contributed by atoms with van der Waals surface area (Å²) < 4.78 is 1.21. The SMILES string of the molecule is CCn1c(=O)[nH]c2cc(C(C)N3CCN(c4ccc(C(=O)NC)nc4)CC3)ccc2c1=O. The Morgan fingerprint density at radius 1 is 1.16 bits per heavy atom. The normalized spacial score (nSPS) is 15.7. The maximum absolute atomic E-state index is 12.5. The quantitative estimate of drug-likeness (QED) is 0.626. The first-order valence-electron chi connectivity index (χ1n) is 10.9. The highest BCUT2D eigenvalue weighted by Gasteiger charge is 2.23. The van der Waals surface area contributed by atoms with E-state index in [0.717, 1.165) is 37.4 Å². The summed E-state index contributed by atoms with van der Waals surface area (Å²) in [6.45, 7) is 7.69. The van der Waals surface area contributed by atoms with Crippen LogP contribution in [0.3, 0.4) is 0 Å². The number of fused-ring (bicyclic) bond motifs is 1. The van der Waals surface area contributed by atoms with Gasteiger partial charge in [-0.05, 0) is 43.7 Å². The van der Waals surface area contributed by atoms with Crippen LogP contribution in [0.4, 0.5) is 5.69 Å². The van der Waals surface area contributed by atoms with Crippen molar-refractivity contribution in [1.82, 2.24) is 24.8 Å². The lowest BCUT2D eigenvalue weighted by molar-refractivity contribution is 0.0958. The van der Waals surface area contributed by atoms with Gasteiger partial charge in [0.1, 0.15) is 5.69 Å². The van der Waals surface area contributed by atoms with Gasteiger partial charge in [-0.2, -0.15) is 0 Å². The number of hydrogen-bond donors (Lipinski definition) is 2. The molecule has 0 aliphatic carbocycles. The Kier molecular flexibility index (Phi) is 6.09. The topological polar surface area (TPSA) is 103 Å². The van der Waals surface area contributed by atoms with Crippen molar-refractivity contribution in [3.63, 3.8) is 0 Å². The maximum atomic E-state index is 12.5. The Hall–Kier alpha value is -3.46. The van der Waals surface area contributed by atoms with Gasteiger partial charge in [0, 0.05) is 45.8 Å². The Morgan fingerprint density at radius 2 is 1.91 bits per heavy atom. The molecule has 0 bridgehead atoms. The zero-order valence-corrected chi connectivity index (χ0v) is 18.6. The van der Waals surface area contributed by atoms with E-state index >= 15 is 0 Å². The summed E-state index contributed by atoms with van der Waals surface area (Å²) >= 11 is 0. The van der Waals surface area contributed by atoms with Crippen molar-refractivity contribution in [2.75, 3.05) is 38.1 Å². The molecule has 1 atom stereocenters. The van der Waals surface area contributed by atoms with E-state index in [2.05, 4.69) is 32.0 Å². The van der Waals surface area contributed by atoms with Crippen molar-refractivity contribution >= 4 is 22.5 Å². The summed E-state index contributed by atoms with van der Waals surface area (Å²) in [6, 6.07) is 9.51. The molecule has 0 radical (unpaired) electrons. The van der Waals surface area contributed by atoms with Crippen molar-refractivity contribution in [2.45, 2.75) is 26.4 Å². The first-order valence-corrected chi connectivity index (χ1v) is 10.9. The van der Waals surface area contributed by atoms with Crippen LogP contribution >= 0.6 is 0 Å². The van der Waals surface area contributed by atoms with Crippen LogP contribution in [-0.4, -0.2) is 58.6 Å². The zero-order valence-electron chi connectivity index (χ0n) is 18.6. The number of piperazine rings is 1. The van der Waals surface area contributed by atoms with Crippen LogP contribution in [0.25, 0.3) is 10.9 Å². The molecule has 168 valence electrons. The average Bonchev–Trinajstić information content (AvgIpc) is 2.83. The first kappa shape index (κ1) is 21.8. The smallest absolute Gasteiger partial charge is 0.328 e. The second-order valence-electron chi connectivity index (χ2n) is 7.96. The molecule has 3 heterocycles. The van der Waals surface area contributed by atoms with Crippen molar-refractivity contribution in [3.8, 4) is 0 Å². The number of pyridine rings is 1. The lowest BCUT2D eigenvalue weighted by atomic mass is 10.0. The fourth-order valence-electron chi connectivity index (χ4n) is 4.23. The minimum atomic E-state index is -0.375. The van der Waals surface area contributed by atoms with Crippen LogP contribution in [0, 0.1) is 0 Å². The molecule has 0 saturated carbocycles. The molecular formula is C23H28N6O3. The average molecular weight is 437 g/mol. The standard InChI is InChI=1S/C23H28N6O3/c1-4-29-22(31)18-7-5-16(13-20(18)26-23(29)32)15(2)27-9-11-28(12-10-27)17-6-8-19(25-14-17)21(30)24-3/h5-8,13-15H,4,9-12H2,1-3H3,(H,24,30)(H,26,32). The van der Waals surface area contributed by atoms with Gasteiger partial charge in [-0.3, -0.25) is 19.1 Å². The highest BCUT2D eigenvalue weighted by Crippen LogP contribution is 2.25.